The van der Waals surface area contributed by atoms with Gasteiger partial charge in [0.05, 0.1) is 10.7 Å². The van der Waals surface area contributed by atoms with Gasteiger partial charge in [-0.15, -0.1) is 0 Å². The highest BCUT2D eigenvalue weighted by molar-refractivity contribution is 6.34. The number of carbonyl (C=O) groups excluding carboxylic acids is 4. The van der Waals surface area contributed by atoms with Gasteiger partial charge in [0.25, 0.3) is 11.8 Å². The molecule has 168 valence electrons. The summed E-state index contributed by atoms with van der Waals surface area (Å²) < 4.78 is 0. The number of anilines is 1. The fourth-order valence-corrected chi connectivity index (χ4v) is 4.34. The Morgan fingerprint density at radius 3 is 2.55 bits per heavy atom. The standard InChI is InChI=1S/C22H29ClN4O4/c1-4-14-7-9-22(10-8-14)20(30)27(21(31)26-22)12-18(28)25-17-11-15(5-6-16(17)23)19(29)24-13(2)3/h5-6,11,13-14H,4,7-10,12H2,1-3H3,(H,24,29)(H,25,28)(H,26,31). The van der Waals surface area contributed by atoms with E-state index in [1.54, 1.807) is 6.07 Å². The monoisotopic (exact) mass is 448 g/mol. The zero-order valence-corrected chi connectivity index (χ0v) is 18.8. The first-order chi connectivity index (χ1) is 14.6. The third-order valence-electron chi connectivity index (χ3n) is 6.01. The molecule has 1 spiro atoms. The Hall–Kier alpha value is -2.61. The van der Waals surface area contributed by atoms with Gasteiger partial charge in [-0.2, -0.15) is 0 Å². The smallest absolute Gasteiger partial charge is 0.325 e. The highest BCUT2D eigenvalue weighted by atomic mass is 35.5. The Morgan fingerprint density at radius 1 is 1.26 bits per heavy atom. The second kappa shape index (κ2) is 9.26. The first kappa shape index (κ1) is 23.1. The molecule has 5 amide bonds. The average molecular weight is 449 g/mol. The van der Waals surface area contributed by atoms with Crippen LogP contribution in [0.2, 0.25) is 5.02 Å². The molecular formula is C22H29ClN4O4. The minimum atomic E-state index is -0.893. The van der Waals surface area contributed by atoms with Gasteiger partial charge in [0.1, 0.15) is 12.1 Å². The highest BCUT2D eigenvalue weighted by Gasteiger charge is 2.52. The van der Waals surface area contributed by atoms with Gasteiger partial charge < -0.3 is 16.0 Å². The molecular weight excluding hydrogens is 420 g/mol. The third kappa shape index (κ3) is 5.01. The van der Waals surface area contributed by atoms with Gasteiger partial charge >= 0.3 is 6.03 Å². The van der Waals surface area contributed by atoms with Crippen LogP contribution in [-0.2, 0) is 9.59 Å². The fourth-order valence-electron chi connectivity index (χ4n) is 4.18. The number of rotatable bonds is 6. The summed E-state index contributed by atoms with van der Waals surface area (Å²) in [5, 5.41) is 8.44. The van der Waals surface area contributed by atoms with Crippen LogP contribution >= 0.6 is 11.6 Å². The van der Waals surface area contributed by atoms with Gasteiger partial charge in [-0.1, -0.05) is 24.9 Å². The van der Waals surface area contributed by atoms with Crippen LogP contribution in [0.15, 0.2) is 18.2 Å². The summed E-state index contributed by atoms with van der Waals surface area (Å²) in [4.78, 5) is 51.2. The molecule has 1 heterocycles. The van der Waals surface area contributed by atoms with Crippen molar-refractivity contribution in [3.8, 4) is 0 Å². The third-order valence-corrected chi connectivity index (χ3v) is 6.34. The Kier molecular flexibility index (Phi) is 6.89. The molecule has 1 aromatic carbocycles. The van der Waals surface area contributed by atoms with Gasteiger partial charge in [0.15, 0.2) is 0 Å². The summed E-state index contributed by atoms with van der Waals surface area (Å²) in [6, 6.07) is 3.95. The number of halogens is 1. The molecule has 0 atom stereocenters. The summed E-state index contributed by atoms with van der Waals surface area (Å²) >= 11 is 6.16. The maximum Gasteiger partial charge on any atom is 0.325 e. The fraction of sp³-hybridized carbons (Fsp3) is 0.545. The minimum absolute atomic E-state index is 0.0411. The van der Waals surface area contributed by atoms with E-state index in [9.17, 15) is 19.2 Å². The molecule has 2 aliphatic rings. The van der Waals surface area contributed by atoms with Crippen LogP contribution in [0.25, 0.3) is 0 Å². The van der Waals surface area contributed by atoms with Gasteiger partial charge in [0, 0.05) is 11.6 Å². The van der Waals surface area contributed by atoms with Crippen LogP contribution in [0.5, 0.6) is 0 Å². The predicted molar refractivity (Wildman–Crippen MR) is 118 cm³/mol. The van der Waals surface area contributed by atoms with E-state index in [1.807, 2.05) is 13.8 Å². The van der Waals surface area contributed by atoms with Crippen LogP contribution < -0.4 is 16.0 Å². The summed E-state index contributed by atoms with van der Waals surface area (Å²) in [5.74, 6) is -0.639. The SMILES string of the molecule is CCC1CCC2(CC1)NC(=O)N(CC(=O)Nc1cc(C(=O)NC(C)C)ccc1Cl)C2=O. The molecule has 1 saturated heterocycles. The second-order valence-corrected chi connectivity index (χ2v) is 9.03. The van der Waals surface area contributed by atoms with Crippen molar-refractivity contribution in [1.29, 1.82) is 0 Å². The molecule has 1 aliphatic carbocycles. The Labute approximate surface area is 187 Å². The highest BCUT2D eigenvalue weighted by Crippen LogP contribution is 2.37. The Bertz CT molecular complexity index is 893. The zero-order chi connectivity index (χ0) is 22.8. The van der Waals surface area contributed by atoms with E-state index in [0.29, 0.717) is 24.3 Å². The van der Waals surface area contributed by atoms with Crippen LogP contribution in [0, 0.1) is 5.92 Å². The Balaban J connectivity index is 1.66. The van der Waals surface area contributed by atoms with E-state index >= 15 is 0 Å². The van der Waals surface area contributed by atoms with E-state index in [1.165, 1.54) is 12.1 Å². The zero-order valence-electron chi connectivity index (χ0n) is 18.1. The molecule has 3 N–H and O–H groups in total. The van der Waals surface area contributed by atoms with Crippen molar-refractivity contribution in [1.82, 2.24) is 15.5 Å². The maximum atomic E-state index is 13.0. The maximum absolute atomic E-state index is 13.0. The molecule has 1 aliphatic heterocycles. The summed E-state index contributed by atoms with van der Waals surface area (Å²) in [6.07, 6.45) is 3.99. The van der Waals surface area contributed by atoms with Crippen LogP contribution in [0.1, 0.15) is 63.2 Å². The normalized spacial score (nSPS) is 23.3. The molecule has 8 nitrogen and oxygen atoms in total. The van der Waals surface area contributed by atoms with Crippen molar-refractivity contribution in [3.05, 3.63) is 28.8 Å². The van der Waals surface area contributed by atoms with Crippen molar-refractivity contribution >= 4 is 41.0 Å². The lowest BCUT2D eigenvalue weighted by Gasteiger charge is -2.34. The quantitative estimate of drug-likeness (QED) is 0.580. The summed E-state index contributed by atoms with van der Waals surface area (Å²) in [7, 11) is 0. The number of nitrogens with one attached hydrogen (secondary N) is 3. The van der Waals surface area contributed by atoms with Crippen molar-refractivity contribution in [2.24, 2.45) is 5.92 Å². The summed E-state index contributed by atoms with van der Waals surface area (Å²) in [6.45, 7) is 5.40. The predicted octanol–water partition coefficient (Wildman–Crippen LogP) is 3.31. The largest absolute Gasteiger partial charge is 0.350 e. The van der Waals surface area contributed by atoms with Crippen molar-refractivity contribution in [2.75, 3.05) is 11.9 Å². The number of nitrogens with zero attached hydrogens (tertiary/aromatic N) is 1. The number of urea groups is 1. The van der Waals surface area contributed by atoms with Crippen molar-refractivity contribution in [2.45, 2.75) is 64.5 Å². The Morgan fingerprint density at radius 2 is 1.94 bits per heavy atom. The molecule has 0 unspecified atom stereocenters. The molecule has 3 rings (SSSR count). The second-order valence-electron chi connectivity index (χ2n) is 8.63. The number of hydrogen-bond acceptors (Lipinski definition) is 4. The molecule has 1 saturated carbocycles. The molecule has 1 aromatic rings. The van der Waals surface area contributed by atoms with Crippen molar-refractivity contribution in [3.63, 3.8) is 0 Å². The van der Waals surface area contributed by atoms with Gasteiger partial charge in [-0.3, -0.25) is 19.3 Å². The first-order valence-electron chi connectivity index (χ1n) is 10.7. The molecule has 0 radical (unpaired) electrons. The lowest BCUT2D eigenvalue weighted by atomic mass is 9.75. The van der Waals surface area contributed by atoms with Gasteiger partial charge in [-0.25, -0.2) is 4.79 Å². The molecule has 0 bridgehead atoms. The van der Waals surface area contributed by atoms with E-state index < -0.39 is 24.0 Å². The number of benzene rings is 1. The first-order valence-corrected chi connectivity index (χ1v) is 11.1. The number of hydrogen-bond donors (Lipinski definition) is 3. The molecule has 31 heavy (non-hydrogen) atoms. The average Bonchev–Trinajstić information content (AvgIpc) is 2.93. The molecule has 0 aromatic heterocycles. The van der Waals surface area contributed by atoms with E-state index in [4.69, 9.17) is 11.6 Å². The topological polar surface area (TPSA) is 108 Å². The van der Waals surface area contributed by atoms with Crippen LogP contribution in [-0.4, -0.2) is 46.8 Å². The number of imide groups is 1. The van der Waals surface area contributed by atoms with Gasteiger partial charge in [0.2, 0.25) is 5.91 Å². The molecule has 2 fully saturated rings. The number of amides is 5. The minimum Gasteiger partial charge on any atom is -0.350 e. The molecule has 9 heteroatoms. The lowest BCUT2D eigenvalue weighted by Crippen LogP contribution is -2.49. The van der Waals surface area contributed by atoms with Crippen LogP contribution in [0.4, 0.5) is 10.5 Å². The van der Waals surface area contributed by atoms with E-state index in [2.05, 4.69) is 22.9 Å². The van der Waals surface area contributed by atoms with E-state index in [-0.39, 0.29) is 28.6 Å². The van der Waals surface area contributed by atoms with E-state index in [0.717, 1.165) is 24.2 Å². The lowest BCUT2D eigenvalue weighted by molar-refractivity contribution is -0.135. The summed E-state index contributed by atoms with van der Waals surface area (Å²) in [5.41, 5.74) is -0.307. The van der Waals surface area contributed by atoms with Gasteiger partial charge in [-0.05, 0) is 63.6 Å². The van der Waals surface area contributed by atoms with Crippen molar-refractivity contribution < 1.29 is 19.2 Å². The number of carbonyl (C=O) groups is 4. The van der Waals surface area contributed by atoms with Crippen LogP contribution in [0.3, 0.4) is 0 Å².